The summed E-state index contributed by atoms with van der Waals surface area (Å²) < 4.78 is 13.8. The molecule has 0 saturated heterocycles. The zero-order valence-electron chi connectivity index (χ0n) is 14.4. The molecule has 1 fully saturated rings. The van der Waals surface area contributed by atoms with Gasteiger partial charge in [0.2, 0.25) is 11.9 Å². The van der Waals surface area contributed by atoms with E-state index in [9.17, 15) is 4.39 Å². The van der Waals surface area contributed by atoms with Crippen molar-refractivity contribution in [2.75, 3.05) is 10.6 Å². The second-order valence-corrected chi connectivity index (χ2v) is 6.70. The summed E-state index contributed by atoms with van der Waals surface area (Å²) in [5.41, 5.74) is 0.612. The molecule has 6 nitrogen and oxygen atoms in total. The first-order valence-corrected chi connectivity index (χ1v) is 8.51. The Bertz CT molecular complexity index is 877. The van der Waals surface area contributed by atoms with Crippen molar-refractivity contribution < 1.29 is 4.39 Å². The maximum absolute atomic E-state index is 13.8. The number of benzene rings is 1. The van der Waals surface area contributed by atoms with Crippen LogP contribution in [0.15, 0.2) is 54.9 Å². The second kappa shape index (κ2) is 6.67. The Hall–Kier alpha value is -3.09. The Morgan fingerprint density at radius 3 is 2.35 bits per heavy atom. The van der Waals surface area contributed by atoms with Gasteiger partial charge in [-0.05, 0) is 19.1 Å². The summed E-state index contributed by atoms with van der Waals surface area (Å²) in [4.78, 5) is 17.5. The second-order valence-electron chi connectivity index (χ2n) is 6.70. The van der Waals surface area contributed by atoms with E-state index in [1.165, 1.54) is 0 Å². The molecule has 1 aromatic carbocycles. The van der Waals surface area contributed by atoms with Crippen molar-refractivity contribution in [2.24, 2.45) is 0 Å². The molecule has 0 unspecified atom stereocenters. The van der Waals surface area contributed by atoms with E-state index in [1.54, 1.807) is 19.3 Å². The molecule has 0 spiro atoms. The van der Waals surface area contributed by atoms with Gasteiger partial charge < -0.3 is 10.6 Å². The first-order valence-electron chi connectivity index (χ1n) is 8.51. The lowest BCUT2D eigenvalue weighted by molar-refractivity contribution is 0.0720. The molecule has 2 heterocycles. The number of nitrogens with zero attached hydrogens (tertiary/aromatic N) is 4. The van der Waals surface area contributed by atoms with Crippen LogP contribution < -0.4 is 10.6 Å². The summed E-state index contributed by atoms with van der Waals surface area (Å²) >= 11 is 0. The van der Waals surface area contributed by atoms with E-state index in [-0.39, 0.29) is 6.04 Å². The van der Waals surface area contributed by atoms with Gasteiger partial charge in [0, 0.05) is 42.5 Å². The predicted molar refractivity (Wildman–Crippen MR) is 98.9 cm³/mol. The molecule has 4 rings (SSSR count). The third-order valence-corrected chi connectivity index (χ3v) is 4.28. The number of aromatic nitrogens is 4. The smallest absolute Gasteiger partial charge is 0.232 e. The summed E-state index contributed by atoms with van der Waals surface area (Å²) in [5, 5.41) is 6.38. The van der Waals surface area contributed by atoms with Gasteiger partial charge in [-0.25, -0.2) is 4.39 Å². The van der Waals surface area contributed by atoms with E-state index in [4.69, 9.17) is 0 Å². The fourth-order valence-corrected chi connectivity index (χ4v) is 3.03. The molecule has 0 amide bonds. The molecule has 3 aromatic rings. The topological polar surface area (TPSA) is 75.6 Å². The van der Waals surface area contributed by atoms with E-state index >= 15 is 0 Å². The normalized spacial score (nSPS) is 21.7. The number of nitrogens with one attached hydrogen (secondary N) is 2. The van der Waals surface area contributed by atoms with Crippen LogP contribution in [0.3, 0.4) is 0 Å². The Balaban J connectivity index is 1.63. The lowest BCUT2D eigenvalue weighted by atomic mass is 9.79. The maximum Gasteiger partial charge on any atom is 0.232 e. The minimum Gasteiger partial charge on any atom is -0.351 e. The number of hydrogen-bond acceptors (Lipinski definition) is 6. The molecule has 0 atom stereocenters. The highest BCUT2D eigenvalue weighted by Crippen LogP contribution is 2.37. The minimum atomic E-state index is -1.11. The molecular formula is C19H19FN6. The molecule has 132 valence electrons. The first kappa shape index (κ1) is 16.4. The molecule has 1 aliphatic carbocycles. The molecule has 7 heteroatoms. The van der Waals surface area contributed by atoms with Crippen LogP contribution in [-0.4, -0.2) is 31.6 Å². The monoisotopic (exact) mass is 350 g/mol. The fraction of sp³-hybridized carbons (Fsp3) is 0.263. The Labute approximate surface area is 151 Å². The highest BCUT2D eigenvalue weighted by atomic mass is 19.1. The quantitative estimate of drug-likeness (QED) is 0.725. The van der Waals surface area contributed by atoms with Crippen molar-refractivity contribution in [2.45, 2.75) is 31.5 Å². The van der Waals surface area contributed by atoms with Crippen molar-refractivity contribution in [3.05, 3.63) is 54.9 Å². The Morgan fingerprint density at radius 1 is 0.962 bits per heavy atom. The molecule has 2 N–H and O–H groups in total. The molecular weight excluding hydrogens is 331 g/mol. The van der Waals surface area contributed by atoms with Gasteiger partial charge in [0.15, 0.2) is 5.82 Å². The van der Waals surface area contributed by atoms with Gasteiger partial charge in [-0.1, -0.05) is 30.3 Å². The van der Waals surface area contributed by atoms with Crippen molar-refractivity contribution >= 4 is 17.6 Å². The molecule has 0 aliphatic heterocycles. The van der Waals surface area contributed by atoms with Crippen molar-refractivity contribution in [3.63, 3.8) is 0 Å². The van der Waals surface area contributed by atoms with Gasteiger partial charge in [-0.15, -0.1) is 0 Å². The van der Waals surface area contributed by atoms with E-state index in [0.717, 1.165) is 11.3 Å². The number of rotatable bonds is 5. The standard InChI is InChI=1S/C19H19FN6/c1-19(20)11-15(12-19)23-18-25-16(13-5-3-2-4-6-13)24-17(26-18)22-14-7-9-21-10-8-14/h2-10,15H,11-12H2,1H3,(H2,21,22,23,24,25,26). The largest absolute Gasteiger partial charge is 0.351 e. The Kier molecular flexibility index (Phi) is 4.20. The third-order valence-electron chi connectivity index (χ3n) is 4.28. The summed E-state index contributed by atoms with van der Waals surface area (Å²) in [6.45, 7) is 1.62. The number of hydrogen-bond donors (Lipinski definition) is 2. The minimum absolute atomic E-state index is 0.0322. The summed E-state index contributed by atoms with van der Waals surface area (Å²) in [6.07, 6.45) is 4.29. The van der Waals surface area contributed by atoms with Gasteiger partial charge in [0.25, 0.3) is 0 Å². The van der Waals surface area contributed by atoms with Crippen LogP contribution in [0.2, 0.25) is 0 Å². The fourth-order valence-electron chi connectivity index (χ4n) is 3.03. The van der Waals surface area contributed by atoms with Gasteiger partial charge in [0.05, 0.1) is 0 Å². The molecule has 26 heavy (non-hydrogen) atoms. The molecule has 1 aliphatic rings. The van der Waals surface area contributed by atoms with E-state index < -0.39 is 5.67 Å². The van der Waals surface area contributed by atoms with Crippen molar-refractivity contribution in [3.8, 4) is 11.4 Å². The zero-order valence-corrected chi connectivity index (χ0v) is 14.4. The van der Waals surface area contributed by atoms with Crippen LogP contribution in [0.25, 0.3) is 11.4 Å². The van der Waals surface area contributed by atoms with Crippen LogP contribution in [-0.2, 0) is 0 Å². The number of halogens is 1. The van der Waals surface area contributed by atoms with Gasteiger partial charge in [-0.3, -0.25) is 4.98 Å². The number of pyridine rings is 1. The molecule has 1 saturated carbocycles. The average molecular weight is 350 g/mol. The molecule has 0 bridgehead atoms. The SMILES string of the molecule is CC1(F)CC(Nc2nc(Nc3ccncc3)nc(-c3ccccc3)n2)C1. The van der Waals surface area contributed by atoms with Crippen LogP contribution in [0.5, 0.6) is 0 Å². The average Bonchev–Trinajstić information content (AvgIpc) is 2.62. The van der Waals surface area contributed by atoms with E-state index in [2.05, 4.69) is 30.6 Å². The number of anilines is 3. The van der Waals surface area contributed by atoms with Crippen LogP contribution >= 0.6 is 0 Å². The highest BCUT2D eigenvalue weighted by molar-refractivity contribution is 5.60. The van der Waals surface area contributed by atoms with Gasteiger partial charge >= 0.3 is 0 Å². The summed E-state index contributed by atoms with van der Waals surface area (Å²) in [6, 6.07) is 13.4. The van der Waals surface area contributed by atoms with Gasteiger partial charge in [-0.2, -0.15) is 15.0 Å². The lowest BCUT2D eigenvalue weighted by Crippen LogP contribution is -2.45. The van der Waals surface area contributed by atoms with E-state index in [1.807, 2.05) is 42.5 Å². The predicted octanol–water partition coefficient (Wildman–Crippen LogP) is 3.98. The van der Waals surface area contributed by atoms with Crippen LogP contribution in [0.4, 0.5) is 22.0 Å². The summed E-state index contributed by atoms with van der Waals surface area (Å²) in [5.74, 6) is 1.42. The van der Waals surface area contributed by atoms with Gasteiger partial charge in [0.1, 0.15) is 5.67 Å². The lowest BCUT2D eigenvalue weighted by Gasteiger charge is -2.38. The first-order chi connectivity index (χ1) is 12.6. The zero-order chi connectivity index (χ0) is 18.0. The molecule has 0 radical (unpaired) electrons. The number of alkyl halides is 1. The highest BCUT2D eigenvalue weighted by Gasteiger charge is 2.40. The molecule has 2 aromatic heterocycles. The van der Waals surface area contributed by atoms with E-state index in [0.29, 0.717) is 30.6 Å². The Morgan fingerprint density at radius 2 is 1.65 bits per heavy atom. The van der Waals surface area contributed by atoms with Crippen molar-refractivity contribution in [1.82, 2.24) is 19.9 Å². The van der Waals surface area contributed by atoms with Crippen molar-refractivity contribution in [1.29, 1.82) is 0 Å². The third kappa shape index (κ3) is 3.77. The van der Waals surface area contributed by atoms with Crippen LogP contribution in [0.1, 0.15) is 19.8 Å². The maximum atomic E-state index is 13.8. The summed E-state index contributed by atoms with van der Waals surface area (Å²) in [7, 11) is 0. The van der Waals surface area contributed by atoms with Crippen LogP contribution in [0, 0.1) is 0 Å².